The van der Waals surface area contributed by atoms with Gasteiger partial charge in [0.15, 0.2) is 5.65 Å². The molecule has 0 aliphatic heterocycles. The van der Waals surface area contributed by atoms with E-state index >= 15 is 0 Å². The Balaban J connectivity index is 2.32. The van der Waals surface area contributed by atoms with Gasteiger partial charge < -0.3 is 5.73 Å². The maximum absolute atomic E-state index is 6.00. The number of aromatic nitrogens is 3. The molecule has 1 aromatic carbocycles. The number of hydrogen-bond acceptors (Lipinski definition) is 3. The molecule has 18 heavy (non-hydrogen) atoms. The zero-order chi connectivity index (χ0) is 12.7. The molecule has 0 fully saturated rings. The molecule has 0 amide bonds. The first-order chi connectivity index (χ1) is 8.66. The molecular formula is C14H14N4. The van der Waals surface area contributed by atoms with Crippen LogP contribution in [0.25, 0.3) is 16.9 Å². The lowest BCUT2D eigenvalue weighted by Crippen LogP contribution is -2.01. The summed E-state index contributed by atoms with van der Waals surface area (Å²) in [5, 5.41) is 0. The van der Waals surface area contributed by atoms with Crippen molar-refractivity contribution in [3.63, 3.8) is 0 Å². The topological polar surface area (TPSA) is 56.7 Å². The lowest BCUT2D eigenvalue weighted by Gasteiger charge is -2.06. The van der Waals surface area contributed by atoms with E-state index in [1.165, 1.54) is 5.56 Å². The SMILES string of the molecule is Cc1ccc(-n2c(N)nc3c(C)ccnc32)cc1. The van der Waals surface area contributed by atoms with E-state index in [-0.39, 0.29) is 0 Å². The number of nitrogen functional groups attached to an aromatic ring is 1. The summed E-state index contributed by atoms with van der Waals surface area (Å²) in [6, 6.07) is 10.1. The number of rotatable bonds is 1. The van der Waals surface area contributed by atoms with Crippen LogP contribution in [0.5, 0.6) is 0 Å². The van der Waals surface area contributed by atoms with Crippen LogP contribution in [-0.4, -0.2) is 14.5 Å². The fraction of sp³-hybridized carbons (Fsp3) is 0.143. The maximum atomic E-state index is 6.00. The van der Waals surface area contributed by atoms with E-state index < -0.39 is 0 Å². The number of hydrogen-bond donors (Lipinski definition) is 1. The van der Waals surface area contributed by atoms with Gasteiger partial charge in [-0.1, -0.05) is 17.7 Å². The molecule has 2 aromatic heterocycles. The smallest absolute Gasteiger partial charge is 0.207 e. The zero-order valence-electron chi connectivity index (χ0n) is 10.4. The Labute approximate surface area is 105 Å². The van der Waals surface area contributed by atoms with Crippen molar-refractivity contribution in [2.75, 3.05) is 5.73 Å². The summed E-state index contributed by atoms with van der Waals surface area (Å²) in [7, 11) is 0. The van der Waals surface area contributed by atoms with Gasteiger partial charge in [0.2, 0.25) is 5.95 Å². The number of nitrogens with zero attached hydrogens (tertiary/aromatic N) is 3. The van der Waals surface area contributed by atoms with Gasteiger partial charge in [-0.15, -0.1) is 0 Å². The zero-order valence-corrected chi connectivity index (χ0v) is 10.4. The summed E-state index contributed by atoms with van der Waals surface area (Å²) in [5.74, 6) is 0.468. The van der Waals surface area contributed by atoms with Gasteiger partial charge in [-0.05, 0) is 37.6 Å². The Morgan fingerprint density at radius 3 is 2.50 bits per heavy atom. The summed E-state index contributed by atoms with van der Waals surface area (Å²) in [5.41, 5.74) is 10.9. The molecule has 4 heteroatoms. The Morgan fingerprint density at radius 2 is 1.78 bits per heavy atom. The molecule has 0 saturated heterocycles. The summed E-state index contributed by atoms with van der Waals surface area (Å²) >= 11 is 0. The van der Waals surface area contributed by atoms with Crippen LogP contribution < -0.4 is 5.73 Å². The van der Waals surface area contributed by atoms with Crippen LogP contribution in [0.15, 0.2) is 36.5 Å². The minimum atomic E-state index is 0.468. The van der Waals surface area contributed by atoms with Crippen LogP contribution >= 0.6 is 0 Å². The molecule has 2 N–H and O–H groups in total. The highest BCUT2D eigenvalue weighted by molar-refractivity contribution is 5.79. The molecule has 2 heterocycles. The highest BCUT2D eigenvalue weighted by Crippen LogP contribution is 2.23. The van der Waals surface area contributed by atoms with Crippen LogP contribution in [-0.2, 0) is 0 Å². The van der Waals surface area contributed by atoms with E-state index in [1.807, 2.05) is 29.7 Å². The van der Waals surface area contributed by atoms with Crippen molar-refractivity contribution in [2.24, 2.45) is 0 Å². The van der Waals surface area contributed by atoms with Gasteiger partial charge >= 0.3 is 0 Å². The Morgan fingerprint density at radius 1 is 1.06 bits per heavy atom. The van der Waals surface area contributed by atoms with Gasteiger partial charge in [0, 0.05) is 6.20 Å². The predicted octanol–water partition coefficient (Wildman–Crippen LogP) is 2.62. The third-order valence-electron chi connectivity index (χ3n) is 3.07. The lowest BCUT2D eigenvalue weighted by molar-refractivity contribution is 1.08. The standard InChI is InChI=1S/C14H14N4/c1-9-3-5-11(6-4-9)18-13-12(17-14(18)15)10(2)7-8-16-13/h3-8H,1-2H3,(H2,15,17). The second kappa shape index (κ2) is 3.84. The highest BCUT2D eigenvalue weighted by atomic mass is 15.2. The summed E-state index contributed by atoms with van der Waals surface area (Å²) in [4.78, 5) is 8.77. The Bertz CT molecular complexity index is 710. The first-order valence-corrected chi connectivity index (χ1v) is 5.83. The van der Waals surface area contributed by atoms with Gasteiger partial charge in [0.25, 0.3) is 0 Å². The summed E-state index contributed by atoms with van der Waals surface area (Å²) < 4.78 is 1.88. The third kappa shape index (κ3) is 1.54. The molecule has 0 aliphatic carbocycles. The number of pyridine rings is 1. The first kappa shape index (κ1) is 10.8. The van der Waals surface area contributed by atoms with Crippen LogP contribution in [0, 0.1) is 13.8 Å². The van der Waals surface area contributed by atoms with Crippen molar-refractivity contribution in [3.05, 3.63) is 47.7 Å². The second-order valence-corrected chi connectivity index (χ2v) is 4.44. The summed E-state index contributed by atoms with van der Waals surface area (Å²) in [6.45, 7) is 4.07. The number of benzene rings is 1. The third-order valence-corrected chi connectivity index (χ3v) is 3.07. The van der Waals surface area contributed by atoms with Crippen molar-refractivity contribution >= 4 is 17.1 Å². The maximum Gasteiger partial charge on any atom is 0.207 e. The summed E-state index contributed by atoms with van der Waals surface area (Å²) in [6.07, 6.45) is 1.78. The number of fused-ring (bicyclic) bond motifs is 1. The predicted molar refractivity (Wildman–Crippen MR) is 72.8 cm³/mol. The minimum Gasteiger partial charge on any atom is -0.369 e. The average molecular weight is 238 g/mol. The fourth-order valence-corrected chi connectivity index (χ4v) is 2.06. The monoisotopic (exact) mass is 238 g/mol. The van der Waals surface area contributed by atoms with Crippen LogP contribution in [0.1, 0.15) is 11.1 Å². The average Bonchev–Trinajstić information content (AvgIpc) is 2.69. The largest absolute Gasteiger partial charge is 0.369 e. The molecule has 0 bridgehead atoms. The van der Waals surface area contributed by atoms with E-state index in [1.54, 1.807) is 6.20 Å². The minimum absolute atomic E-state index is 0.468. The van der Waals surface area contributed by atoms with Crippen LogP contribution in [0.2, 0.25) is 0 Å². The van der Waals surface area contributed by atoms with E-state index in [4.69, 9.17) is 5.73 Å². The molecule has 0 atom stereocenters. The van der Waals surface area contributed by atoms with Crippen molar-refractivity contribution < 1.29 is 0 Å². The van der Waals surface area contributed by atoms with E-state index in [9.17, 15) is 0 Å². The van der Waals surface area contributed by atoms with E-state index in [2.05, 4.69) is 29.0 Å². The number of imidazole rings is 1. The molecule has 0 spiro atoms. The Kier molecular flexibility index (Phi) is 2.30. The molecule has 4 nitrogen and oxygen atoms in total. The normalized spacial score (nSPS) is 11.0. The van der Waals surface area contributed by atoms with Crippen LogP contribution in [0.4, 0.5) is 5.95 Å². The molecule has 0 saturated carbocycles. The number of aryl methyl sites for hydroxylation is 2. The quantitative estimate of drug-likeness (QED) is 0.709. The Hall–Kier alpha value is -2.36. The molecule has 0 unspecified atom stereocenters. The molecule has 0 aliphatic rings. The van der Waals surface area contributed by atoms with Crippen molar-refractivity contribution in [1.29, 1.82) is 0 Å². The van der Waals surface area contributed by atoms with Crippen molar-refractivity contribution in [1.82, 2.24) is 14.5 Å². The second-order valence-electron chi connectivity index (χ2n) is 4.44. The molecule has 3 rings (SSSR count). The number of anilines is 1. The molecule has 3 aromatic rings. The van der Waals surface area contributed by atoms with E-state index in [0.717, 1.165) is 22.4 Å². The van der Waals surface area contributed by atoms with Gasteiger partial charge in [0.05, 0.1) is 5.69 Å². The van der Waals surface area contributed by atoms with E-state index in [0.29, 0.717) is 5.95 Å². The highest BCUT2D eigenvalue weighted by Gasteiger charge is 2.12. The fourth-order valence-electron chi connectivity index (χ4n) is 2.06. The van der Waals surface area contributed by atoms with Gasteiger partial charge in [-0.3, -0.25) is 4.57 Å². The molecule has 0 radical (unpaired) electrons. The molecule has 90 valence electrons. The van der Waals surface area contributed by atoms with Gasteiger partial charge in [-0.2, -0.15) is 0 Å². The lowest BCUT2D eigenvalue weighted by atomic mass is 10.2. The van der Waals surface area contributed by atoms with Crippen molar-refractivity contribution in [3.8, 4) is 5.69 Å². The number of nitrogens with two attached hydrogens (primary N) is 1. The van der Waals surface area contributed by atoms with Crippen molar-refractivity contribution in [2.45, 2.75) is 13.8 Å². The van der Waals surface area contributed by atoms with Gasteiger partial charge in [0.1, 0.15) is 5.52 Å². The first-order valence-electron chi connectivity index (χ1n) is 5.83. The van der Waals surface area contributed by atoms with Gasteiger partial charge in [-0.25, -0.2) is 9.97 Å². The molecular weight excluding hydrogens is 224 g/mol. The van der Waals surface area contributed by atoms with Crippen LogP contribution in [0.3, 0.4) is 0 Å².